The van der Waals surface area contributed by atoms with Crippen molar-refractivity contribution in [3.05, 3.63) is 44.3 Å². The van der Waals surface area contributed by atoms with Gasteiger partial charge in [-0.1, -0.05) is 22.9 Å². The zero-order valence-corrected chi connectivity index (χ0v) is 14.1. The van der Waals surface area contributed by atoms with E-state index in [2.05, 4.69) is 39.3 Å². The lowest BCUT2D eigenvalue weighted by Gasteiger charge is -2.13. The Morgan fingerprint density at radius 3 is 2.90 bits per heavy atom. The number of rotatable bonds is 6. The van der Waals surface area contributed by atoms with E-state index in [9.17, 15) is 0 Å². The van der Waals surface area contributed by atoms with Crippen LogP contribution >= 0.6 is 27.3 Å². The van der Waals surface area contributed by atoms with E-state index in [-0.39, 0.29) is 6.04 Å². The van der Waals surface area contributed by atoms with Crippen LogP contribution in [0.5, 0.6) is 5.75 Å². The molecule has 0 saturated carbocycles. The molecule has 0 saturated heterocycles. The van der Waals surface area contributed by atoms with Gasteiger partial charge in [-0.15, -0.1) is 11.3 Å². The lowest BCUT2D eigenvalue weighted by Crippen LogP contribution is -2.18. The first-order valence-corrected chi connectivity index (χ1v) is 8.35. The van der Waals surface area contributed by atoms with E-state index in [1.807, 2.05) is 19.1 Å². The number of aromatic nitrogens is 1. The van der Waals surface area contributed by atoms with Crippen molar-refractivity contribution in [3.8, 4) is 5.75 Å². The predicted molar refractivity (Wildman–Crippen MR) is 87.3 cm³/mol. The number of hydrogen-bond acceptors (Lipinski definition) is 4. The molecule has 1 unspecified atom stereocenters. The summed E-state index contributed by atoms with van der Waals surface area (Å²) in [6, 6.07) is 6.14. The van der Waals surface area contributed by atoms with Crippen molar-refractivity contribution < 1.29 is 4.74 Å². The molecule has 2 N–H and O–H groups in total. The van der Waals surface area contributed by atoms with E-state index in [0.29, 0.717) is 6.61 Å². The molecule has 0 amide bonds. The molecule has 108 valence electrons. The number of nitrogens with two attached hydrogens (primary N) is 1. The Morgan fingerprint density at radius 2 is 2.25 bits per heavy atom. The monoisotopic (exact) mass is 354 g/mol. The van der Waals surface area contributed by atoms with Crippen molar-refractivity contribution in [2.75, 3.05) is 0 Å². The van der Waals surface area contributed by atoms with E-state index in [1.54, 1.807) is 11.3 Å². The van der Waals surface area contributed by atoms with Crippen molar-refractivity contribution in [1.82, 2.24) is 4.98 Å². The molecule has 2 rings (SSSR count). The van der Waals surface area contributed by atoms with Crippen molar-refractivity contribution in [1.29, 1.82) is 0 Å². The van der Waals surface area contributed by atoms with E-state index in [0.717, 1.165) is 39.3 Å². The lowest BCUT2D eigenvalue weighted by atomic mass is 10.1. The quantitative estimate of drug-likeness (QED) is 0.854. The predicted octanol–water partition coefficient (Wildman–Crippen LogP) is 3.94. The Balaban J connectivity index is 2.08. The highest BCUT2D eigenvalue weighted by atomic mass is 79.9. The van der Waals surface area contributed by atoms with Gasteiger partial charge in [0.05, 0.1) is 10.7 Å². The van der Waals surface area contributed by atoms with E-state index in [1.165, 1.54) is 0 Å². The van der Waals surface area contributed by atoms with Gasteiger partial charge in [0.25, 0.3) is 0 Å². The number of thiazole rings is 1. The fourth-order valence-electron chi connectivity index (χ4n) is 1.92. The topological polar surface area (TPSA) is 48.1 Å². The van der Waals surface area contributed by atoms with Crippen LogP contribution in [-0.4, -0.2) is 11.0 Å². The maximum atomic E-state index is 5.90. The van der Waals surface area contributed by atoms with Gasteiger partial charge in [-0.05, 0) is 43.5 Å². The van der Waals surface area contributed by atoms with Gasteiger partial charge in [0, 0.05) is 15.9 Å². The highest BCUT2D eigenvalue weighted by Gasteiger charge is 2.08. The third kappa shape index (κ3) is 4.30. The Kier molecular flexibility index (Phi) is 5.57. The Labute approximate surface area is 132 Å². The minimum atomic E-state index is 0.109. The molecule has 0 aliphatic carbocycles. The highest BCUT2D eigenvalue weighted by Crippen LogP contribution is 2.25. The summed E-state index contributed by atoms with van der Waals surface area (Å²) in [6.07, 6.45) is 1.77. The molecule has 0 spiro atoms. The molecule has 0 bridgehead atoms. The molecular weight excluding hydrogens is 336 g/mol. The first kappa shape index (κ1) is 15.5. The van der Waals surface area contributed by atoms with Crippen molar-refractivity contribution >= 4 is 27.3 Å². The van der Waals surface area contributed by atoms with Crippen LogP contribution in [0.25, 0.3) is 0 Å². The Morgan fingerprint density at radius 1 is 1.45 bits per heavy atom. The summed E-state index contributed by atoms with van der Waals surface area (Å²) in [4.78, 5) is 4.51. The zero-order valence-electron chi connectivity index (χ0n) is 11.7. The van der Waals surface area contributed by atoms with Gasteiger partial charge in [-0.3, -0.25) is 0 Å². The first-order valence-electron chi connectivity index (χ1n) is 6.68. The number of halogens is 1. The lowest BCUT2D eigenvalue weighted by molar-refractivity contribution is 0.298. The van der Waals surface area contributed by atoms with Crippen LogP contribution in [0.15, 0.2) is 28.1 Å². The number of ether oxygens (including phenoxy) is 1. The summed E-state index contributed by atoms with van der Waals surface area (Å²) in [5, 5.41) is 3.21. The molecule has 20 heavy (non-hydrogen) atoms. The maximum absolute atomic E-state index is 5.90. The molecule has 1 heterocycles. The van der Waals surface area contributed by atoms with Crippen LogP contribution in [-0.2, 0) is 19.4 Å². The minimum Gasteiger partial charge on any atom is -0.487 e. The maximum Gasteiger partial charge on any atom is 0.131 e. The fourth-order valence-corrected chi connectivity index (χ4v) is 3.06. The average Bonchev–Trinajstić information content (AvgIpc) is 2.85. The number of hydrogen-bond donors (Lipinski definition) is 1. The largest absolute Gasteiger partial charge is 0.487 e. The van der Waals surface area contributed by atoms with E-state index >= 15 is 0 Å². The SMILES string of the molecule is CCc1nc(COc2ccc(Br)cc2CC(C)N)cs1. The Hall–Kier alpha value is -0.910. The molecule has 0 fully saturated rings. The third-order valence-electron chi connectivity index (χ3n) is 2.84. The number of nitrogens with zero attached hydrogens (tertiary/aromatic N) is 1. The summed E-state index contributed by atoms with van der Waals surface area (Å²) in [7, 11) is 0. The molecule has 0 radical (unpaired) electrons. The second kappa shape index (κ2) is 7.20. The first-order chi connectivity index (χ1) is 9.58. The normalized spacial score (nSPS) is 12.4. The van der Waals surface area contributed by atoms with Crippen molar-refractivity contribution in [2.45, 2.75) is 39.3 Å². The van der Waals surface area contributed by atoms with Crippen LogP contribution in [0, 0.1) is 0 Å². The fraction of sp³-hybridized carbons (Fsp3) is 0.400. The van der Waals surface area contributed by atoms with Gasteiger partial charge in [-0.2, -0.15) is 0 Å². The number of aryl methyl sites for hydroxylation is 1. The van der Waals surface area contributed by atoms with Crippen LogP contribution in [0.4, 0.5) is 0 Å². The van der Waals surface area contributed by atoms with Gasteiger partial charge in [-0.25, -0.2) is 4.98 Å². The van der Waals surface area contributed by atoms with Gasteiger partial charge in [0.1, 0.15) is 12.4 Å². The van der Waals surface area contributed by atoms with E-state index in [4.69, 9.17) is 10.5 Å². The third-order valence-corrected chi connectivity index (χ3v) is 4.38. The number of benzene rings is 1. The molecule has 0 aliphatic rings. The average molecular weight is 355 g/mol. The summed E-state index contributed by atoms with van der Waals surface area (Å²) < 4.78 is 6.95. The standard InChI is InChI=1S/C15H19BrN2OS/c1-3-15-18-13(9-20-15)8-19-14-5-4-12(16)7-11(14)6-10(2)17/h4-5,7,9-10H,3,6,8,17H2,1-2H3. The summed E-state index contributed by atoms with van der Waals surface area (Å²) in [6.45, 7) is 4.61. The minimum absolute atomic E-state index is 0.109. The highest BCUT2D eigenvalue weighted by molar-refractivity contribution is 9.10. The van der Waals surface area contributed by atoms with Crippen LogP contribution in [0.1, 0.15) is 30.1 Å². The van der Waals surface area contributed by atoms with Crippen LogP contribution < -0.4 is 10.5 Å². The van der Waals surface area contributed by atoms with Gasteiger partial charge in [0.2, 0.25) is 0 Å². The van der Waals surface area contributed by atoms with Crippen molar-refractivity contribution in [2.24, 2.45) is 5.73 Å². The summed E-state index contributed by atoms with van der Waals surface area (Å²) in [5.41, 5.74) is 8.00. The second-order valence-corrected chi connectivity index (χ2v) is 6.67. The molecule has 1 aromatic heterocycles. The second-order valence-electron chi connectivity index (χ2n) is 4.81. The van der Waals surface area contributed by atoms with Crippen LogP contribution in [0.3, 0.4) is 0 Å². The zero-order chi connectivity index (χ0) is 14.5. The van der Waals surface area contributed by atoms with Crippen molar-refractivity contribution in [3.63, 3.8) is 0 Å². The Bertz CT molecular complexity index is 569. The molecule has 3 nitrogen and oxygen atoms in total. The molecule has 1 atom stereocenters. The molecule has 1 aromatic carbocycles. The van der Waals surface area contributed by atoms with Gasteiger partial charge < -0.3 is 10.5 Å². The van der Waals surface area contributed by atoms with Gasteiger partial charge >= 0.3 is 0 Å². The smallest absolute Gasteiger partial charge is 0.131 e. The molecule has 5 heteroatoms. The summed E-state index contributed by atoms with van der Waals surface area (Å²) in [5.74, 6) is 0.886. The molecule has 0 aliphatic heterocycles. The molecule has 2 aromatic rings. The summed E-state index contributed by atoms with van der Waals surface area (Å²) >= 11 is 5.17. The molecular formula is C15H19BrN2OS. The van der Waals surface area contributed by atoms with Crippen LogP contribution in [0.2, 0.25) is 0 Å². The van der Waals surface area contributed by atoms with E-state index < -0.39 is 0 Å². The van der Waals surface area contributed by atoms with Gasteiger partial charge in [0.15, 0.2) is 0 Å².